The molecule has 0 saturated heterocycles. The molecule has 2 aliphatic rings. The summed E-state index contributed by atoms with van der Waals surface area (Å²) < 4.78 is 11.4. The first-order valence-electron chi connectivity index (χ1n) is 9.69. The van der Waals surface area contributed by atoms with Crippen LogP contribution in [0.2, 0.25) is 5.02 Å². The summed E-state index contributed by atoms with van der Waals surface area (Å²) in [5.74, 6) is 1.33. The standard InChI is InChI=1S/C24H19ClN2O3/c1-29-18-10-7-15(8-11-18)20-14-21-19-13-17(25)9-12-22(19)30-24(27(21)26-20)23(28)16-5-3-2-4-6-16/h2-13,21,24H,14H2,1H3. The highest BCUT2D eigenvalue weighted by Crippen LogP contribution is 2.44. The number of Topliss-reactive ketones (excluding diaryl/α,β-unsaturated/α-hetero) is 1. The molecule has 2 unspecified atom stereocenters. The Kier molecular flexibility index (Phi) is 4.68. The summed E-state index contributed by atoms with van der Waals surface area (Å²) in [7, 11) is 1.64. The summed E-state index contributed by atoms with van der Waals surface area (Å²) in [6.45, 7) is 0. The number of hydrazone groups is 1. The maximum Gasteiger partial charge on any atom is 0.251 e. The third-order valence-electron chi connectivity index (χ3n) is 5.46. The van der Waals surface area contributed by atoms with Crippen LogP contribution in [-0.4, -0.2) is 29.8 Å². The first kappa shape index (κ1) is 18.7. The second-order valence-corrected chi connectivity index (χ2v) is 7.69. The highest BCUT2D eigenvalue weighted by molar-refractivity contribution is 6.30. The normalized spacial score (nSPS) is 19.4. The molecule has 0 radical (unpaired) electrons. The van der Waals surface area contributed by atoms with Crippen LogP contribution in [0.3, 0.4) is 0 Å². The summed E-state index contributed by atoms with van der Waals surface area (Å²) in [4.78, 5) is 13.3. The van der Waals surface area contributed by atoms with Crippen molar-refractivity contribution in [3.8, 4) is 11.5 Å². The Bertz CT molecular complexity index is 1130. The van der Waals surface area contributed by atoms with E-state index in [0.29, 0.717) is 22.8 Å². The van der Waals surface area contributed by atoms with Gasteiger partial charge in [-0.3, -0.25) is 4.79 Å². The summed E-state index contributed by atoms with van der Waals surface area (Å²) in [5, 5.41) is 7.21. The van der Waals surface area contributed by atoms with Crippen molar-refractivity contribution in [3.63, 3.8) is 0 Å². The number of benzene rings is 3. The fraction of sp³-hybridized carbons (Fsp3) is 0.167. The molecule has 0 aromatic heterocycles. The van der Waals surface area contributed by atoms with Crippen molar-refractivity contribution in [3.05, 3.63) is 94.5 Å². The smallest absolute Gasteiger partial charge is 0.251 e. The zero-order valence-corrected chi connectivity index (χ0v) is 17.0. The number of carbonyl (C=O) groups is 1. The minimum Gasteiger partial charge on any atom is -0.497 e. The molecule has 0 saturated carbocycles. The topological polar surface area (TPSA) is 51.1 Å². The van der Waals surface area contributed by atoms with E-state index >= 15 is 0 Å². The van der Waals surface area contributed by atoms with Crippen molar-refractivity contribution in [2.75, 3.05) is 7.11 Å². The molecule has 0 aliphatic carbocycles. The average Bonchev–Trinajstić information content (AvgIpc) is 3.24. The molecule has 0 N–H and O–H groups in total. The van der Waals surface area contributed by atoms with E-state index < -0.39 is 6.23 Å². The Morgan fingerprint density at radius 3 is 2.60 bits per heavy atom. The molecule has 3 aromatic carbocycles. The van der Waals surface area contributed by atoms with E-state index in [1.807, 2.05) is 54.6 Å². The van der Waals surface area contributed by atoms with Gasteiger partial charge in [0.1, 0.15) is 11.5 Å². The molecular formula is C24H19ClN2O3. The van der Waals surface area contributed by atoms with E-state index in [2.05, 4.69) is 0 Å². The Morgan fingerprint density at radius 2 is 1.87 bits per heavy atom. The van der Waals surface area contributed by atoms with E-state index in [0.717, 1.165) is 22.6 Å². The van der Waals surface area contributed by atoms with E-state index in [4.69, 9.17) is 26.2 Å². The first-order chi connectivity index (χ1) is 14.6. The van der Waals surface area contributed by atoms with E-state index in [1.54, 1.807) is 30.3 Å². The van der Waals surface area contributed by atoms with Crippen molar-refractivity contribution in [2.45, 2.75) is 18.7 Å². The maximum atomic E-state index is 13.3. The Hall–Kier alpha value is -3.31. The lowest BCUT2D eigenvalue weighted by Crippen LogP contribution is -2.45. The number of rotatable bonds is 4. The molecule has 150 valence electrons. The number of halogens is 1. The minimum atomic E-state index is -0.832. The number of hydrogen-bond acceptors (Lipinski definition) is 5. The zero-order valence-electron chi connectivity index (χ0n) is 16.3. The molecule has 0 bridgehead atoms. The molecule has 2 aliphatic heterocycles. The van der Waals surface area contributed by atoms with Gasteiger partial charge in [0.2, 0.25) is 5.78 Å². The van der Waals surface area contributed by atoms with Crippen LogP contribution in [-0.2, 0) is 0 Å². The van der Waals surface area contributed by atoms with Gasteiger partial charge in [0, 0.05) is 22.6 Å². The summed E-state index contributed by atoms with van der Waals surface area (Å²) in [6, 6.07) is 22.3. The lowest BCUT2D eigenvalue weighted by Gasteiger charge is -2.37. The number of ketones is 1. The first-order valence-corrected chi connectivity index (χ1v) is 10.1. The summed E-state index contributed by atoms with van der Waals surface area (Å²) in [5.41, 5.74) is 3.41. The van der Waals surface area contributed by atoms with Gasteiger partial charge in [-0.2, -0.15) is 5.10 Å². The average molecular weight is 419 g/mol. The largest absolute Gasteiger partial charge is 0.497 e. The third-order valence-corrected chi connectivity index (χ3v) is 5.69. The van der Waals surface area contributed by atoms with E-state index in [1.165, 1.54) is 0 Å². The molecule has 6 heteroatoms. The highest BCUT2D eigenvalue weighted by Gasteiger charge is 2.43. The summed E-state index contributed by atoms with van der Waals surface area (Å²) in [6.07, 6.45) is -0.177. The Labute approximate surface area is 179 Å². The van der Waals surface area contributed by atoms with Gasteiger partial charge in [0.25, 0.3) is 6.23 Å². The van der Waals surface area contributed by atoms with Crippen LogP contribution in [0.5, 0.6) is 11.5 Å². The molecule has 30 heavy (non-hydrogen) atoms. The van der Waals surface area contributed by atoms with Gasteiger partial charge in [-0.15, -0.1) is 0 Å². The molecule has 5 nitrogen and oxygen atoms in total. The lowest BCUT2D eigenvalue weighted by molar-refractivity contribution is -0.00455. The monoisotopic (exact) mass is 418 g/mol. The van der Waals surface area contributed by atoms with Gasteiger partial charge < -0.3 is 9.47 Å². The van der Waals surface area contributed by atoms with Crippen LogP contribution in [0.1, 0.15) is 33.9 Å². The van der Waals surface area contributed by atoms with Gasteiger partial charge >= 0.3 is 0 Å². The Balaban J connectivity index is 1.56. The van der Waals surface area contributed by atoms with Gasteiger partial charge in [-0.05, 0) is 48.0 Å². The minimum absolute atomic E-state index is 0.123. The fourth-order valence-electron chi connectivity index (χ4n) is 3.93. The molecule has 2 atom stereocenters. The quantitative estimate of drug-likeness (QED) is 0.553. The predicted molar refractivity (Wildman–Crippen MR) is 115 cm³/mol. The van der Waals surface area contributed by atoms with Gasteiger partial charge in [-0.25, -0.2) is 5.01 Å². The number of hydrogen-bond donors (Lipinski definition) is 0. The van der Waals surface area contributed by atoms with Crippen LogP contribution in [0, 0.1) is 0 Å². The van der Waals surface area contributed by atoms with Crippen molar-refractivity contribution in [1.29, 1.82) is 0 Å². The fourth-order valence-corrected chi connectivity index (χ4v) is 4.11. The molecule has 5 rings (SSSR count). The molecule has 0 amide bonds. The predicted octanol–water partition coefficient (Wildman–Crippen LogP) is 5.10. The second-order valence-electron chi connectivity index (χ2n) is 7.26. The number of nitrogens with zero attached hydrogens (tertiary/aromatic N) is 2. The second kappa shape index (κ2) is 7.50. The van der Waals surface area contributed by atoms with Crippen molar-refractivity contribution in [2.24, 2.45) is 5.10 Å². The number of fused-ring (bicyclic) bond motifs is 3. The number of ether oxygens (including phenoxy) is 2. The number of carbonyl (C=O) groups excluding carboxylic acids is 1. The van der Waals surface area contributed by atoms with Crippen molar-refractivity contribution < 1.29 is 14.3 Å². The lowest BCUT2D eigenvalue weighted by atomic mass is 9.95. The van der Waals surface area contributed by atoms with Gasteiger partial charge in [0.15, 0.2) is 0 Å². The van der Waals surface area contributed by atoms with Gasteiger partial charge in [0.05, 0.1) is 18.9 Å². The molecule has 2 heterocycles. The van der Waals surface area contributed by atoms with Crippen LogP contribution in [0.4, 0.5) is 0 Å². The highest BCUT2D eigenvalue weighted by atomic mass is 35.5. The summed E-state index contributed by atoms with van der Waals surface area (Å²) >= 11 is 6.26. The zero-order chi connectivity index (χ0) is 20.7. The van der Waals surface area contributed by atoms with Crippen LogP contribution in [0.15, 0.2) is 77.9 Å². The van der Waals surface area contributed by atoms with Crippen LogP contribution < -0.4 is 9.47 Å². The van der Waals surface area contributed by atoms with Crippen LogP contribution in [0.25, 0.3) is 0 Å². The van der Waals surface area contributed by atoms with E-state index in [9.17, 15) is 4.79 Å². The third kappa shape index (κ3) is 3.21. The molecule has 0 spiro atoms. The van der Waals surface area contributed by atoms with Crippen molar-refractivity contribution in [1.82, 2.24) is 5.01 Å². The van der Waals surface area contributed by atoms with Crippen LogP contribution >= 0.6 is 11.6 Å². The Morgan fingerprint density at radius 1 is 1.10 bits per heavy atom. The van der Waals surface area contributed by atoms with Gasteiger partial charge in [-0.1, -0.05) is 41.9 Å². The molecular weight excluding hydrogens is 400 g/mol. The number of methoxy groups -OCH3 is 1. The van der Waals surface area contributed by atoms with E-state index in [-0.39, 0.29) is 11.8 Å². The molecule has 0 fully saturated rings. The SMILES string of the molecule is COc1ccc(C2=NN3C(C(=O)c4ccccc4)Oc4ccc(Cl)cc4C3C2)cc1. The molecule has 3 aromatic rings. The maximum absolute atomic E-state index is 13.3. The van der Waals surface area contributed by atoms with Crippen molar-refractivity contribution >= 4 is 23.1 Å².